The van der Waals surface area contributed by atoms with Crippen LogP contribution in [0.2, 0.25) is 5.28 Å². The Kier molecular flexibility index (Phi) is 3.54. The minimum Gasteiger partial charge on any atom is -0.421 e. The van der Waals surface area contributed by atoms with Crippen LogP contribution in [0, 0.1) is 0 Å². The van der Waals surface area contributed by atoms with Crippen LogP contribution in [0.5, 0.6) is 0 Å². The lowest BCUT2D eigenvalue weighted by Crippen LogP contribution is -1.92. The number of rotatable bonds is 3. The van der Waals surface area contributed by atoms with Gasteiger partial charge in [0.25, 0.3) is 5.89 Å². The van der Waals surface area contributed by atoms with Crippen molar-refractivity contribution in [3.05, 3.63) is 47.8 Å². The Morgan fingerprint density at radius 2 is 2.00 bits per heavy atom. The molecule has 120 valence electrons. The summed E-state index contributed by atoms with van der Waals surface area (Å²) in [4.78, 5) is 8.51. The van der Waals surface area contributed by atoms with Crippen LogP contribution in [0.4, 0.5) is 0 Å². The second kappa shape index (κ2) is 5.72. The molecule has 0 spiro atoms. The van der Waals surface area contributed by atoms with E-state index >= 15 is 0 Å². The number of halogens is 1. The van der Waals surface area contributed by atoms with Crippen LogP contribution < -0.4 is 0 Å². The molecule has 1 aromatic carbocycles. The van der Waals surface area contributed by atoms with Gasteiger partial charge in [0.05, 0.1) is 11.3 Å². The van der Waals surface area contributed by atoms with Crippen molar-refractivity contribution in [2.75, 3.05) is 0 Å². The molecule has 0 fully saturated rings. The van der Waals surface area contributed by atoms with Crippen LogP contribution in [-0.2, 0) is 13.5 Å². The van der Waals surface area contributed by atoms with Crippen LogP contribution >= 0.6 is 11.6 Å². The van der Waals surface area contributed by atoms with E-state index in [9.17, 15) is 0 Å². The van der Waals surface area contributed by atoms with Crippen molar-refractivity contribution < 1.29 is 4.42 Å². The second-order valence-corrected chi connectivity index (χ2v) is 5.76. The van der Waals surface area contributed by atoms with Gasteiger partial charge in [0.1, 0.15) is 0 Å². The highest BCUT2D eigenvalue weighted by Crippen LogP contribution is 2.35. The highest BCUT2D eigenvalue weighted by Gasteiger charge is 2.19. The van der Waals surface area contributed by atoms with E-state index in [0.29, 0.717) is 29.5 Å². The molecule has 0 radical (unpaired) electrons. The summed E-state index contributed by atoms with van der Waals surface area (Å²) in [5.74, 6) is 0.968. The van der Waals surface area contributed by atoms with E-state index in [2.05, 4.69) is 36.9 Å². The molecule has 0 atom stereocenters. The number of nitrogens with zero attached hydrogens (tertiary/aromatic N) is 5. The summed E-state index contributed by atoms with van der Waals surface area (Å²) in [5.41, 5.74) is 3.40. The Labute approximate surface area is 143 Å². The molecule has 0 unspecified atom stereocenters. The van der Waals surface area contributed by atoms with Gasteiger partial charge >= 0.3 is 0 Å². The fourth-order valence-electron chi connectivity index (χ4n) is 2.76. The molecule has 0 aliphatic heterocycles. The first-order valence-electron chi connectivity index (χ1n) is 7.57. The van der Waals surface area contributed by atoms with Crippen molar-refractivity contribution >= 4 is 22.5 Å². The van der Waals surface area contributed by atoms with Gasteiger partial charge in [0.15, 0.2) is 0 Å². The van der Waals surface area contributed by atoms with Crippen LogP contribution in [0.1, 0.15) is 12.8 Å². The van der Waals surface area contributed by atoms with Gasteiger partial charge in [-0.05, 0) is 17.7 Å². The van der Waals surface area contributed by atoms with Crippen LogP contribution in [0.3, 0.4) is 0 Å². The molecule has 0 aliphatic rings. The molecule has 7 heteroatoms. The van der Waals surface area contributed by atoms with Gasteiger partial charge in [-0.3, -0.25) is 0 Å². The van der Waals surface area contributed by atoms with E-state index in [4.69, 9.17) is 16.0 Å². The summed E-state index contributed by atoms with van der Waals surface area (Å²) in [6.07, 6.45) is 4.31. The summed E-state index contributed by atoms with van der Waals surface area (Å²) in [6.45, 7) is 1.96. The quantitative estimate of drug-likeness (QED) is 0.529. The monoisotopic (exact) mass is 339 g/mol. The van der Waals surface area contributed by atoms with Crippen molar-refractivity contribution in [2.45, 2.75) is 13.3 Å². The van der Waals surface area contributed by atoms with Gasteiger partial charge in [-0.25, -0.2) is 9.97 Å². The first kappa shape index (κ1) is 14.8. The number of hydrogen-bond donors (Lipinski definition) is 0. The number of aryl methyl sites for hydroxylation is 2. The SMILES string of the molecule is CCc1nnc(-c2cnc(Cl)nc2-c2cn(C)c3ccccc23)o1. The number of aromatic nitrogens is 5. The highest BCUT2D eigenvalue weighted by molar-refractivity contribution is 6.28. The highest BCUT2D eigenvalue weighted by atomic mass is 35.5. The molecule has 3 heterocycles. The third kappa shape index (κ3) is 2.35. The van der Waals surface area contributed by atoms with Crippen molar-refractivity contribution in [2.24, 2.45) is 7.05 Å². The van der Waals surface area contributed by atoms with Gasteiger partial charge in [0.2, 0.25) is 11.2 Å². The van der Waals surface area contributed by atoms with E-state index in [-0.39, 0.29) is 5.28 Å². The van der Waals surface area contributed by atoms with E-state index in [1.54, 1.807) is 6.20 Å². The molecule has 4 aromatic rings. The zero-order valence-corrected chi connectivity index (χ0v) is 13.9. The number of hydrogen-bond acceptors (Lipinski definition) is 5. The topological polar surface area (TPSA) is 69.6 Å². The predicted molar refractivity (Wildman–Crippen MR) is 91.6 cm³/mol. The Morgan fingerprint density at radius 3 is 2.79 bits per heavy atom. The molecule has 24 heavy (non-hydrogen) atoms. The molecule has 4 rings (SSSR count). The molecule has 3 aromatic heterocycles. The largest absolute Gasteiger partial charge is 0.421 e. The van der Waals surface area contributed by atoms with E-state index in [0.717, 1.165) is 16.5 Å². The molecule has 0 bridgehead atoms. The standard InChI is InChI=1S/C17H14ClN5O/c1-3-14-21-22-16(24-14)11-8-19-17(18)20-15(11)12-9-23(2)13-7-5-4-6-10(12)13/h4-9H,3H2,1-2H3. The lowest BCUT2D eigenvalue weighted by molar-refractivity contribution is 0.512. The van der Waals surface area contributed by atoms with E-state index in [1.807, 2.05) is 32.3 Å². The number of benzene rings is 1. The average molecular weight is 340 g/mol. The fourth-order valence-corrected chi connectivity index (χ4v) is 2.89. The second-order valence-electron chi connectivity index (χ2n) is 5.43. The third-order valence-electron chi connectivity index (χ3n) is 3.91. The minimum atomic E-state index is 0.178. The predicted octanol–water partition coefficient (Wildman–Crippen LogP) is 3.90. The molecule has 0 N–H and O–H groups in total. The molecular weight excluding hydrogens is 326 g/mol. The van der Waals surface area contributed by atoms with E-state index < -0.39 is 0 Å². The lowest BCUT2D eigenvalue weighted by atomic mass is 10.1. The molecule has 0 amide bonds. The van der Waals surface area contributed by atoms with Crippen molar-refractivity contribution in [1.82, 2.24) is 24.7 Å². The van der Waals surface area contributed by atoms with Crippen molar-refractivity contribution in [3.8, 4) is 22.7 Å². The molecular formula is C17H14ClN5O. The Morgan fingerprint density at radius 1 is 1.17 bits per heavy atom. The van der Waals surface area contributed by atoms with Crippen LogP contribution in [-0.4, -0.2) is 24.7 Å². The Bertz CT molecular complexity index is 1040. The first-order valence-corrected chi connectivity index (χ1v) is 7.95. The normalized spacial score (nSPS) is 11.3. The van der Waals surface area contributed by atoms with Gasteiger partial charge in [-0.1, -0.05) is 25.1 Å². The van der Waals surface area contributed by atoms with Crippen molar-refractivity contribution in [3.63, 3.8) is 0 Å². The lowest BCUT2D eigenvalue weighted by Gasteiger charge is -2.04. The van der Waals surface area contributed by atoms with Gasteiger partial charge < -0.3 is 8.98 Å². The van der Waals surface area contributed by atoms with Gasteiger partial charge in [-0.15, -0.1) is 10.2 Å². The molecule has 6 nitrogen and oxygen atoms in total. The summed E-state index contributed by atoms with van der Waals surface area (Å²) >= 11 is 6.05. The summed E-state index contributed by atoms with van der Waals surface area (Å²) in [5, 5.41) is 9.39. The van der Waals surface area contributed by atoms with Gasteiger partial charge in [-0.2, -0.15) is 0 Å². The first-order chi connectivity index (χ1) is 11.7. The summed E-state index contributed by atoms with van der Waals surface area (Å²) in [7, 11) is 2.00. The number of fused-ring (bicyclic) bond motifs is 1. The van der Waals surface area contributed by atoms with Crippen molar-refractivity contribution in [1.29, 1.82) is 0 Å². The zero-order chi connectivity index (χ0) is 16.7. The van der Waals surface area contributed by atoms with Crippen LogP contribution in [0.15, 0.2) is 41.1 Å². The Hall–Kier alpha value is -2.73. The molecule has 0 saturated heterocycles. The molecule has 0 aliphatic carbocycles. The maximum atomic E-state index is 6.05. The number of para-hydroxylation sites is 1. The van der Waals surface area contributed by atoms with E-state index in [1.165, 1.54) is 0 Å². The fraction of sp³-hybridized carbons (Fsp3) is 0.176. The molecule has 0 saturated carbocycles. The minimum absolute atomic E-state index is 0.178. The van der Waals surface area contributed by atoms with Gasteiger partial charge in [0, 0.05) is 42.3 Å². The summed E-state index contributed by atoms with van der Waals surface area (Å²) in [6, 6.07) is 8.11. The smallest absolute Gasteiger partial charge is 0.251 e. The average Bonchev–Trinajstić information content (AvgIpc) is 3.20. The third-order valence-corrected chi connectivity index (χ3v) is 4.09. The maximum absolute atomic E-state index is 6.05. The zero-order valence-electron chi connectivity index (χ0n) is 13.2. The Balaban J connectivity index is 1.98. The van der Waals surface area contributed by atoms with Crippen LogP contribution in [0.25, 0.3) is 33.6 Å². The maximum Gasteiger partial charge on any atom is 0.251 e. The summed E-state index contributed by atoms with van der Waals surface area (Å²) < 4.78 is 7.74.